The van der Waals surface area contributed by atoms with E-state index >= 15 is 0 Å². The molecule has 0 atom stereocenters. The largest absolute Gasteiger partial charge is 0.444 e. The van der Waals surface area contributed by atoms with E-state index in [0.717, 1.165) is 6.07 Å². The molecule has 1 saturated heterocycles. The van der Waals surface area contributed by atoms with Crippen LogP contribution in [0.1, 0.15) is 49.5 Å². The third-order valence-corrected chi connectivity index (χ3v) is 5.59. The molecule has 2 aliphatic rings. The molecule has 1 aromatic carbocycles. The van der Waals surface area contributed by atoms with E-state index in [1.807, 2.05) is 0 Å². The molecule has 0 aromatic heterocycles. The van der Waals surface area contributed by atoms with Gasteiger partial charge < -0.3 is 14.5 Å². The number of amides is 2. The second kappa shape index (κ2) is 6.93. The Morgan fingerprint density at radius 1 is 1.14 bits per heavy atom. The van der Waals surface area contributed by atoms with Crippen molar-refractivity contribution < 1.29 is 27.5 Å². The fraction of sp³-hybridized carbons (Fsp3) is 0.579. The molecule has 154 valence electrons. The van der Waals surface area contributed by atoms with Gasteiger partial charge in [-0.2, -0.15) is 13.2 Å². The highest BCUT2D eigenvalue weighted by Crippen LogP contribution is 2.45. The van der Waals surface area contributed by atoms with Crippen LogP contribution in [0.4, 0.5) is 18.0 Å². The standard InChI is InChI=1S/C19H22BrF3N2O3/c1-17(2,3)28-16(27)24-8-9-25(18(11-24)6-7-18)15(26)12-4-5-14(20)13(10-12)19(21,22)23/h4-5,10H,6-9,11H2,1-3H3. The van der Waals surface area contributed by atoms with Crippen molar-refractivity contribution in [1.29, 1.82) is 0 Å². The van der Waals surface area contributed by atoms with Gasteiger partial charge in [0.05, 0.1) is 11.1 Å². The van der Waals surface area contributed by atoms with Crippen molar-refractivity contribution in [3.63, 3.8) is 0 Å². The van der Waals surface area contributed by atoms with E-state index in [-0.39, 0.29) is 23.1 Å². The molecule has 1 aromatic rings. The normalized spacial score (nSPS) is 19.0. The highest BCUT2D eigenvalue weighted by atomic mass is 79.9. The van der Waals surface area contributed by atoms with Crippen molar-refractivity contribution in [3.05, 3.63) is 33.8 Å². The molecular formula is C19H22BrF3N2O3. The number of carbonyl (C=O) groups is 2. The molecule has 3 rings (SSSR count). The van der Waals surface area contributed by atoms with Crippen LogP contribution in [0.3, 0.4) is 0 Å². The molecule has 1 aliphatic heterocycles. The zero-order valence-electron chi connectivity index (χ0n) is 15.9. The molecule has 2 amide bonds. The molecule has 0 unspecified atom stereocenters. The van der Waals surface area contributed by atoms with Gasteiger partial charge in [-0.3, -0.25) is 4.79 Å². The number of rotatable bonds is 1. The quantitative estimate of drug-likeness (QED) is 0.607. The van der Waals surface area contributed by atoms with E-state index in [1.54, 1.807) is 30.6 Å². The van der Waals surface area contributed by atoms with Crippen molar-refractivity contribution in [2.24, 2.45) is 0 Å². The number of nitrogens with zero attached hydrogens (tertiary/aromatic N) is 2. The van der Waals surface area contributed by atoms with Crippen molar-refractivity contribution in [2.45, 2.75) is 50.9 Å². The SMILES string of the molecule is CC(C)(C)OC(=O)N1CCN(C(=O)c2ccc(Br)c(C(F)(F)F)c2)C2(CC2)C1. The van der Waals surface area contributed by atoms with Gasteiger partial charge in [-0.15, -0.1) is 0 Å². The van der Waals surface area contributed by atoms with Gasteiger partial charge >= 0.3 is 12.3 Å². The minimum absolute atomic E-state index is 0.00693. The molecule has 1 aliphatic carbocycles. The van der Waals surface area contributed by atoms with Crippen LogP contribution in [0, 0.1) is 0 Å². The second-order valence-corrected chi connectivity index (χ2v) is 9.13. The Kier molecular flexibility index (Phi) is 5.19. The topological polar surface area (TPSA) is 49.9 Å². The van der Waals surface area contributed by atoms with Gasteiger partial charge in [0.25, 0.3) is 5.91 Å². The fourth-order valence-electron chi connectivity index (χ4n) is 3.38. The summed E-state index contributed by atoms with van der Waals surface area (Å²) in [4.78, 5) is 28.5. The predicted molar refractivity (Wildman–Crippen MR) is 100.0 cm³/mol. The van der Waals surface area contributed by atoms with E-state index in [9.17, 15) is 22.8 Å². The van der Waals surface area contributed by atoms with Crippen LogP contribution in [0.25, 0.3) is 0 Å². The molecule has 5 nitrogen and oxygen atoms in total. The predicted octanol–water partition coefficient (Wildman–Crippen LogP) is 4.69. The monoisotopic (exact) mass is 462 g/mol. The second-order valence-electron chi connectivity index (χ2n) is 8.28. The van der Waals surface area contributed by atoms with Crippen molar-refractivity contribution >= 4 is 27.9 Å². The van der Waals surface area contributed by atoms with E-state index in [0.29, 0.717) is 19.4 Å². The van der Waals surface area contributed by atoms with Crippen molar-refractivity contribution in [1.82, 2.24) is 9.80 Å². The highest BCUT2D eigenvalue weighted by Gasteiger charge is 2.54. The van der Waals surface area contributed by atoms with Crippen LogP contribution in [-0.2, 0) is 10.9 Å². The molecule has 9 heteroatoms. The van der Waals surface area contributed by atoms with E-state index in [1.165, 1.54) is 12.1 Å². The van der Waals surface area contributed by atoms with Crippen LogP contribution < -0.4 is 0 Å². The highest BCUT2D eigenvalue weighted by molar-refractivity contribution is 9.10. The van der Waals surface area contributed by atoms with Crippen LogP contribution in [0.2, 0.25) is 0 Å². The lowest BCUT2D eigenvalue weighted by molar-refractivity contribution is -0.138. The smallest absolute Gasteiger partial charge is 0.417 e. The van der Waals surface area contributed by atoms with Crippen LogP contribution in [0.15, 0.2) is 22.7 Å². The van der Waals surface area contributed by atoms with Crippen molar-refractivity contribution in [2.75, 3.05) is 19.6 Å². The Hall–Kier alpha value is -1.77. The summed E-state index contributed by atoms with van der Waals surface area (Å²) >= 11 is 2.89. The maximum atomic E-state index is 13.2. The van der Waals surface area contributed by atoms with Gasteiger partial charge in [-0.25, -0.2) is 4.79 Å². The summed E-state index contributed by atoms with van der Waals surface area (Å²) in [6.07, 6.45) is -3.57. The fourth-order valence-corrected chi connectivity index (χ4v) is 3.85. The molecule has 0 N–H and O–H groups in total. The Labute approximate surface area is 169 Å². The average Bonchev–Trinajstić information content (AvgIpc) is 3.31. The molecular weight excluding hydrogens is 441 g/mol. The summed E-state index contributed by atoms with van der Waals surface area (Å²) < 4.78 is 44.8. The van der Waals surface area contributed by atoms with Gasteiger partial charge in [-0.1, -0.05) is 15.9 Å². The first-order valence-electron chi connectivity index (χ1n) is 8.99. The zero-order valence-corrected chi connectivity index (χ0v) is 17.5. The number of halogens is 4. The molecule has 28 heavy (non-hydrogen) atoms. The number of hydrogen-bond acceptors (Lipinski definition) is 3. The van der Waals surface area contributed by atoms with Gasteiger partial charge in [0.1, 0.15) is 5.60 Å². The van der Waals surface area contributed by atoms with Gasteiger partial charge in [0, 0.05) is 29.7 Å². The lowest BCUT2D eigenvalue weighted by Gasteiger charge is -2.42. The van der Waals surface area contributed by atoms with Crippen LogP contribution >= 0.6 is 15.9 Å². The molecule has 2 fully saturated rings. The van der Waals surface area contributed by atoms with Crippen molar-refractivity contribution in [3.8, 4) is 0 Å². The number of ether oxygens (including phenoxy) is 1. The van der Waals surface area contributed by atoms with Crippen LogP contribution in [-0.4, -0.2) is 52.6 Å². The van der Waals surface area contributed by atoms with Gasteiger partial charge in [0.2, 0.25) is 0 Å². The Morgan fingerprint density at radius 2 is 1.79 bits per heavy atom. The van der Waals surface area contributed by atoms with Crippen LogP contribution in [0.5, 0.6) is 0 Å². The maximum Gasteiger partial charge on any atom is 0.417 e. The summed E-state index contributed by atoms with van der Waals surface area (Å²) in [6, 6.07) is 3.51. The third-order valence-electron chi connectivity index (χ3n) is 4.89. The zero-order chi connectivity index (χ0) is 20.9. The number of benzene rings is 1. The van der Waals surface area contributed by atoms with Gasteiger partial charge in [-0.05, 0) is 51.8 Å². The lowest BCUT2D eigenvalue weighted by Crippen LogP contribution is -2.58. The molecule has 1 saturated carbocycles. The first-order valence-corrected chi connectivity index (χ1v) is 9.78. The minimum atomic E-state index is -4.55. The number of carbonyl (C=O) groups excluding carboxylic acids is 2. The van der Waals surface area contributed by atoms with E-state index in [2.05, 4.69) is 15.9 Å². The molecule has 1 spiro atoms. The summed E-state index contributed by atoms with van der Waals surface area (Å²) in [7, 11) is 0. The Bertz CT molecular complexity index is 801. The summed E-state index contributed by atoms with van der Waals surface area (Å²) in [6.45, 7) is 6.22. The summed E-state index contributed by atoms with van der Waals surface area (Å²) in [5, 5.41) is 0. The number of alkyl halides is 3. The Balaban J connectivity index is 1.77. The Morgan fingerprint density at radius 3 is 2.32 bits per heavy atom. The number of hydrogen-bond donors (Lipinski definition) is 0. The molecule has 0 bridgehead atoms. The third kappa shape index (κ3) is 4.29. The first kappa shape index (κ1) is 21.0. The minimum Gasteiger partial charge on any atom is -0.444 e. The maximum absolute atomic E-state index is 13.2. The summed E-state index contributed by atoms with van der Waals surface area (Å²) in [5.74, 6) is -0.445. The average molecular weight is 463 g/mol. The number of piperazine rings is 1. The lowest BCUT2D eigenvalue weighted by atomic mass is 10.1. The summed E-state index contributed by atoms with van der Waals surface area (Å²) in [5.41, 5.74) is -2.02. The molecule has 0 radical (unpaired) electrons. The molecule has 1 heterocycles. The van der Waals surface area contributed by atoms with Gasteiger partial charge in [0.15, 0.2) is 0 Å². The first-order chi connectivity index (χ1) is 12.8. The van der Waals surface area contributed by atoms with E-state index < -0.39 is 34.9 Å². The van der Waals surface area contributed by atoms with E-state index in [4.69, 9.17) is 4.74 Å².